The summed E-state index contributed by atoms with van der Waals surface area (Å²) < 4.78 is 0. The Bertz CT molecular complexity index is 37.8. The smallest absolute Gasteiger partial charge is 0.214 e. The fourth-order valence-corrected chi connectivity index (χ4v) is 0.124. The zero-order chi connectivity index (χ0) is 4.83. The lowest BCUT2D eigenvalue weighted by Crippen LogP contribution is -2.28. The Kier molecular flexibility index (Phi) is 4.28. The van der Waals surface area contributed by atoms with Crippen LogP contribution in [-0.2, 0) is 4.79 Å². The van der Waals surface area contributed by atoms with Crippen molar-refractivity contribution in [3.8, 4) is 0 Å². The quantitative estimate of drug-likeness (QED) is 0.336. The molecule has 0 aliphatic heterocycles. The first-order chi connectivity index (χ1) is 2.91. The molecule has 0 saturated carbocycles. The second-order valence-electron chi connectivity index (χ2n) is 0.748. The molecule has 3 nitrogen and oxygen atoms in total. The summed E-state index contributed by atoms with van der Waals surface area (Å²) in [5, 5.41) is 0. The Hall–Kier alpha value is -0.410. The van der Waals surface area contributed by atoms with E-state index in [4.69, 9.17) is 0 Å². The number of carbonyl (C=O) groups excluding carboxylic acids is 1. The molecule has 0 rings (SSSR count). The zero-order valence-corrected chi connectivity index (χ0v) is 3.62. The Morgan fingerprint density at radius 1 is 1.83 bits per heavy atom. The lowest BCUT2D eigenvalue weighted by atomic mass is 10.8. The van der Waals surface area contributed by atoms with Gasteiger partial charge < -0.3 is 0 Å². The van der Waals surface area contributed by atoms with Gasteiger partial charge in [-0.2, -0.15) is 0 Å². The Morgan fingerprint density at radius 3 is 2.67 bits per heavy atom. The molecular weight excluding hydrogens is 80.0 g/mol. The van der Waals surface area contributed by atoms with Gasteiger partial charge in [-0.1, -0.05) is 0 Å². The van der Waals surface area contributed by atoms with E-state index in [0.29, 0.717) is 0 Å². The molecule has 35 valence electrons. The summed E-state index contributed by atoms with van der Waals surface area (Å²) in [6.45, 7) is 0.247. The lowest BCUT2D eigenvalue weighted by molar-refractivity contribution is 0.540. The van der Waals surface area contributed by atoms with Gasteiger partial charge in [0.2, 0.25) is 6.29 Å². The van der Waals surface area contributed by atoms with Crippen LogP contribution in [0.15, 0.2) is 0 Å². The zero-order valence-electron chi connectivity index (χ0n) is 3.62. The molecule has 0 atom stereocenters. The normalized spacial score (nSPS) is 8.17. The fraction of sp³-hybridized carbons (Fsp3) is 0.667. The van der Waals surface area contributed by atoms with Gasteiger partial charge in [-0.25, -0.2) is 0 Å². The van der Waals surface area contributed by atoms with E-state index in [1.807, 2.05) is 0 Å². The summed E-state index contributed by atoms with van der Waals surface area (Å²) in [5.74, 6) is 0. The van der Waals surface area contributed by atoms with Gasteiger partial charge in [-0.05, 0) is 7.05 Å². The highest BCUT2D eigenvalue weighted by Gasteiger charge is 1.70. The topological polar surface area (TPSA) is 41.1 Å². The average molecular weight is 87.1 g/mol. The van der Waals surface area contributed by atoms with Crippen molar-refractivity contribution < 1.29 is 4.79 Å². The third-order valence-electron chi connectivity index (χ3n) is 0.337. The van der Waals surface area contributed by atoms with Crippen LogP contribution >= 0.6 is 0 Å². The standard InChI is InChI=1S/C3H7N2O/c1-4-5-2-3-6/h4-5H,2H2,1H3. The maximum atomic E-state index is 9.34. The van der Waals surface area contributed by atoms with Crippen LogP contribution < -0.4 is 10.9 Å². The van der Waals surface area contributed by atoms with Crippen LogP contribution in [0.1, 0.15) is 0 Å². The minimum atomic E-state index is 0.247. The third-order valence-corrected chi connectivity index (χ3v) is 0.337. The van der Waals surface area contributed by atoms with Crippen molar-refractivity contribution in [2.75, 3.05) is 13.6 Å². The van der Waals surface area contributed by atoms with E-state index in [9.17, 15) is 4.79 Å². The van der Waals surface area contributed by atoms with Gasteiger partial charge in [0.15, 0.2) is 0 Å². The lowest BCUT2D eigenvalue weighted by Gasteiger charge is -1.88. The summed E-state index contributed by atoms with van der Waals surface area (Å²) in [6.07, 6.45) is 1.64. The highest BCUT2D eigenvalue weighted by molar-refractivity contribution is 5.52. The third kappa shape index (κ3) is 3.59. The molecule has 3 heteroatoms. The fourth-order valence-electron chi connectivity index (χ4n) is 0.124. The molecule has 0 saturated heterocycles. The maximum Gasteiger partial charge on any atom is 0.214 e. The number of hydrogen-bond donors (Lipinski definition) is 2. The Morgan fingerprint density at radius 2 is 2.50 bits per heavy atom. The van der Waals surface area contributed by atoms with Crippen molar-refractivity contribution in [3.63, 3.8) is 0 Å². The molecule has 0 aromatic heterocycles. The van der Waals surface area contributed by atoms with Gasteiger partial charge in [-0.15, -0.1) is 0 Å². The molecule has 1 radical (unpaired) electrons. The van der Waals surface area contributed by atoms with Crippen molar-refractivity contribution >= 4 is 6.29 Å². The SMILES string of the molecule is CNNC[C]=O. The predicted molar refractivity (Wildman–Crippen MR) is 22.8 cm³/mol. The molecule has 0 spiro atoms. The second kappa shape index (κ2) is 4.59. The summed E-state index contributed by atoms with van der Waals surface area (Å²) in [7, 11) is 1.69. The van der Waals surface area contributed by atoms with E-state index < -0.39 is 0 Å². The van der Waals surface area contributed by atoms with Crippen LogP contribution in [-0.4, -0.2) is 19.9 Å². The van der Waals surface area contributed by atoms with Crippen LogP contribution in [0.3, 0.4) is 0 Å². The van der Waals surface area contributed by atoms with Crippen molar-refractivity contribution in [2.45, 2.75) is 0 Å². The van der Waals surface area contributed by atoms with E-state index in [0.717, 1.165) is 0 Å². The summed E-state index contributed by atoms with van der Waals surface area (Å²) in [4.78, 5) is 9.34. The summed E-state index contributed by atoms with van der Waals surface area (Å²) >= 11 is 0. The molecule has 0 fully saturated rings. The molecule has 0 amide bonds. The van der Waals surface area contributed by atoms with Crippen LogP contribution in [0.25, 0.3) is 0 Å². The predicted octanol–water partition coefficient (Wildman–Crippen LogP) is -1.18. The molecule has 0 bridgehead atoms. The van der Waals surface area contributed by atoms with Crippen molar-refractivity contribution in [1.82, 2.24) is 10.9 Å². The van der Waals surface area contributed by atoms with E-state index in [2.05, 4.69) is 10.9 Å². The van der Waals surface area contributed by atoms with Crippen LogP contribution in [0.4, 0.5) is 0 Å². The monoisotopic (exact) mass is 87.1 g/mol. The molecule has 6 heavy (non-hydrogen) atoms. The summed E-state index contributed by atoms with van der Waals surface area (Å²) in [5.41, 5.74) is 5.08. The second-order valence-corrected chi connectivity index (χ2v) is 0.748. The van der Waals surface area contributed by atoms with E-state index >= 15 is 0 Å². The van der Waals surface area contributed by atoms with Gasteiger partial charge in [0.05, 0.1) is 6.54 Å². The van der Waals surface area contributed by atoms with Gasteiger partial charge in [-0.3, -0.25) is 15.6 Å². The number of hydrazine groups is 1. The molecule has 0 heterocycles. The van der Waals surface area contributed by atoms with Crippen molar-refractivity contribution in [2.24, 2.45) is 0 Å². The number of nitrogens with one attached hydrogen (secondary N) is 2. The Labute approximate surface area is 36.7 Å². The van der Waals surface area contributed by atoms with Gasteiger partial charge in [0.1, 0.15) is 0 Å². The van der Waals surface area contributed by atoms with Crippen molar-refractivity contribution in [3.05, 3.63) is 0 Å². The van der Waals surface area contributed by atoms with Crippen LogP contribution in [0, 0.1) is 0 Å². The van der Waals surface area contributed by atoms with Crippen LogP contribution in [0.2, 0.25) is 0 Å². The van der Waals surface area contributed by atoms with Gasteiger partial charge in [0.25, 0.3) is 0 Å². The highest BCUT2D eigenvalue weighted by atomic mass is 16.1. The minimum absolute atomic E-state index is 0.247. The van der Waals surface area contributed by atoms with Crippen molar-refractivity contribution in [1.29, 1.82) is 0 Å². The highest BCUT2D eigenvalue weighted by Crippen LogP contribution is 1.34. The first-order valence-corrected chi connectivity index (χ1v) is 1.66. The average Bonchev–Trinajstić information content (AvgIpc) is 1.61. The Balaban J connectivity index is 2.49. The molecular formula is C3H7N2O. The molecule has 2 N–H and O–H groups in total. The molecule has 0 unspecified atom stereocenters. The van der Waals surface area contributed by atoms with Crippen LogP contribution in [0.5, 0.6) is 0 Å². The number of hydrogen-bond acceptors (Lipinski definition) is 3. The molecule has 0 aromatic rings. The summed E-state index contributed by atoms with van der Waals surface area (Å²) in [6, 6.07) is 0. The van der Waals surface area contributed by atoms with Gasteiger partial charge >= 0.3 is 0 Å². The molecule has 0 aliphatic rings. The first kappa shape index (κ1) is 5.59. The van der Waals surface area contributed by atoms with E-state index in [1.165, 1.54) is 0 Å². The minimum Gasteiger partial charge on any atom is -0.289 e. The van der Waals surface area contributed by atoms with Gasteiger partial charge in [0, 0.05) is 0 Å². The maximum absolute atomic E-state index is 9.34. The molecule has 0 aliphatic carbocycles. The van der Waals surface area contributed by atoms with E-state index in [1.54, 1.807) is 13.3 Å². The molecule has 0 aromatic carbocycles. The van der Waals surface area contributed by atoms with E-state index in [-0.39, 0.29) is 6.54 Å². The number of rotatable bonds is 3. The largest absolute Gasteiger partial charge is 0.289 e. The first-order valence-electron chi connectivity index (χ1n) is 1.66.